The van der Waals surface area contributed by atoms with E-state index < -0.39 is 0 Å². The fourth-order valence-electron chi connectivity index (χ4n) is 4.92. The van der Waals surface area contributed by atoms with Crippen LogP contribution in [0.5, 0.6) is 0 Å². The number of nitrogens with zero attached hydrogens (tertiary/aromatic N) is 3. The molecule has 1 atom stereocenters. The molecular formula is C30H38N4O2. The predicted molar refractivity (Wildman–Crippen MR) is 145 cm³/mol. The number of aromatic nitrogens is 1. The first-order valence-electron chi connectivity index (χ1n) is 13.0. The van der Waals surface area contributed by atoms with Crippen LogP contribution in [0, 0.1) is 13.8 Å². The van der Waals surface area contributed by atoms with Crippen LogP contribution in [0.25, 0.3) is 0 Å². The van der Waals surface area contributed by atoms with Gasteiger partial charge in [-0.1, -0.05) is 57.2 Å². The van der Waals surface area contributed by atoms with Gasteiger partial charge in [-0.2, -0.15) is 0 Å². The molecule has 3 aromatic rings. The number of hydrogen-bond acceptors (Lipinski definition) is 2. The van der Waals surface area contributed by atoms with Crippen molar-refractivity contribution in [3.63, 3.8) is 0 Å². The fourth-order valence-corrected chi connectivity index (χ4v) is 4.92. The summed E-state index contributed by atoms with van der Waals surface area (Å²) >= 11 is 0. The van der Waals surface area contributed by atoms with Gasteiger partial charge in [0, 0.05) is 37.2 Å². The van der Waals surface area contributed by atoms with E-state index in [-0.39, 0.29) is 24.5 Å². The summed E-state index contributed by atoms with van der Waals surface area (Å²) in [7, 11) is 0. The number of hydrogen-bond donors (Lipinski definition) is 1. The third-order valence-electron chi connectivity index (χ3n) is 7.23. The summed E-state index contributed by atoms with van der Waals surface area (Å²) in [6, 6.07) is 18.2. The largest absolute Gasteiger partial charge is 0.348 e. The first kappa shape index (κ1) is 25.5. The molecule has 0 radical (unpaired) electrons. The molecule has 6 nitrogen and oxygen atoms in total. The van der Waals surface area contributed by atoms with Crippen molar-refractivity contribution in [1.82, 2.24) is 14.4 Å². The quantitative estimate of drug-likeness (QED) is 0.438. The standard InChI is InChI=1S/C30H38N4O2/c1-6-16-33(30(36)31-26-10-7-9-22(4)23(26)5)20-28(35)34-19-18-32-17-8-11-27(32)29(34)25-14-12-24(13-15-25)21(2)3/h7-15,17,21,29H,6,16,18-20H2,1-5H3,(H,31,36)/t29-/m0/s1. The highest BCUT2D eigenvalue weighted by molar-refractivity contribution is 5.93. The van der Waals surface area contributed by atoms with Gasteiger partial charge in [0.1, 0.15) is 6.54 Å². The summed E-state index contributed by atoms with van der Waals surface area (Å²) in [4.78, 5) is 30.6. The lowest BCUT2D eigenvalue weighted by molar-refractivity contribution is -0.134. The minimum Gasteiger partial charge on any atom is -0.348 e. The lowest BCUT2D eigenvalue weighted by atomic mass is 9.95. The summed E-state index contributed by atoms with van der Waals surface area (Å²) in [6.07, 6.45) is 2.85. The van der Waals surface area contributed by atoms with Gasteiger partial charge in [-0.25, -0.2) is 4.79 Å². The van der Waals surface area contributed by atoms with Crippen molar-refractivity contribution in [2.45, 2.75) is 59.5 Å². The van der Waals surface area contributed by atoms with Crippen LogP contribution in [0.4, 0.5) is 10.5 Å². The molecule has 1 aromatic heterocycles. The van der Waals surface area contributed by atoms with Crippen LogP contribution >= 0.6 is 0 Å². The number of carbonyl (C=O) groups is 2. The van der Waals surface area contributed by atoms with Gasteiger partial charge in [-0.15, -0.1) is 0 Å². The van der Waals surface area contributed by atoms with Crippen LogP contribution in [0.2, 0.25) is 0 Å². The molecule has 0 unspecified atom stereocenters. The molecule has 1 N–H and O–H groups in total. The monoisotopic (exact) mass is 486 g/mol. The molecule has 4 rings (SSSR count). The highest BCUT2D eigenvalue weighted by Gasteiger charge is 2.33. The third-order valence-corrected chi connectivity index (χ3v) is 7.23. The first-order valence-corrected chi connectivity index (χ1v) is 13.0. The van der Waals surface area contributed by atoms with E-state index in [4.69, 9.17) is 0 Å². The van der Waals surface area contributed by atoms with Crippen molar-refractivity contribution in [2.75, 3.05) is 25.0 Å². The maximum Gasteiger partial charge on any atom is 0.322 e. The molecule has 0 saturated heterocycles. The zero-order valence-corrected chi connectivity index (χ0v) is 22.1. The van der Waals surface area contributed by atoms with Crippen molar-refractivity contribution in [3.05, 3.63) is 88.7 Å². The lowest BCUT2D eigenvalue weighted by Crippen LogP contribution is -2.49. The molecule has 190 valence electrons. The van der Waals surface area contributed by atoms with Gasteiger partial charge in [-0.05, 0) is 66.6 Å². The van der Waals surface area contributed by atoms with Crippen molar-refractivity contribution in [2.24, 2.45) is 0 Å². The lowest BCUT2D eigenvalue weighted by Gasteiger charge is -2.38. The van der Waals surface area contributed by atoms with E-state index in [0.29, 0.717) is 19.0 Å². The Bertz CT molecular complexity index is 1210. The van der Waals surface area contributed by atoms with Gasteiger partial charge in [0.15, 0.2) is 0 Å². The van der Waals surface area contributed by atoms with Crippen LogP contribution in [-0.4, -0.2) is 45.9 Å². The first-order chi connectivity index (χ1) is 17.3. The molecule has 3 amide bonds. The van der Waals surface area contributed by atoms with E-state index in [0.717, 1.165) is 41.0 Å². The van der Waals surface area contributed by atoms with E-state index in [1.807, 2.05) is 49.9 Å². The normalized spacial score (nSPS) is 15.1. The molecule has 36 heavy (non-hydrogen) atoms. The van der Waals surface area contributed by atoms with E-state index in [1.54, 1.807) is 4.90 Å². The Balaban J connectivity index is 1.57. The van der Waals surface area contributed by atoms with Crippen LogP contribution in [-0.2, 0) is 11.3 Å². The number of aryl methyl sites for hydroxylation is 1. The summed E-state index contributed by atoms with van der Waals surface area (Å²) in [5.41, 5.74) is 6.42. The smallest absolute Gasteiger partial charge is 0.322 e. The van der Waals surface area contributed by atoms with Gasteiger partial charge < -0.3 is 19.7 Å². The molecule has 2 heterocycles. The highest BCUT2D eigenvalue weighted by atomic mass is 16.2. The second-order valence-electron chi connectivity index (χ2n) is 10.0. The van der Waals surface area contributed by atoms with Gasteiger partial charge in [-0.3, -0.25) is 4.79 Å². The van der Waals surface area contributed by atoms with Gasteiger partial charge in [0.05, 0.1) is 6.04 Å². The number of nitrogens with one attached hydrogen (secondary N) is 1. The van der Waals surface area contributed by atoms with Gasteiger partial charge in [0.2, 0.25) is 5.91 Å². The maximum atomic E-state index is 13.7. The average molecular weight is 487 g/mol. The molecule has 0 aliphatic carbocycles. The summed E-state index contributed by atoms with van der Waals surface area (Å²) in [5, 5.41) is 3.03. The SMILES string of the molecule is CCCN(CC(=O)N1CCn2cccc2[C@@H]1c1ccc(C(C)C)cc1)C(=O)Nc1cccc(C)c1C. The summed E-state index contributed by atoms with van der Waals surface area (Å²) in [6.45, 7) is 12.3. The van der Waals surface area contributed by atoms with E-state index in [1.165, 1.54) is 5.56 Å². The number of anilines is 1. The van der Waals surface area contributed by atoms with Crippen molar-refractivity contribution in [3.8, 4) is 0 Å². The van der Waals surface area contributed by atoms with Crippen molar-refractivity contribution >= 4 is 17.6 Å². The maximum absolute atomic E-state index is 13.7. The highest BCUT2D eigenvalue weighted by Crippen LogP contribution is 2.33. The second-order valence-corrected chi connectivity index (χ2v) is 10.0. The summed E-state index contributed by atoms with van der Waals surface area (Å²) in [5.74, 6) is 0.412. The van der Waals surface area contributed by atoms with Crippen molar-refractivity contribution < 1.29 is 9.59 Å². The second kappa shape index (κ2) is 11.0. The zero-order valence-electron chi connectivity index (χ0n) is 22.1. The number of rotatable bonds is 7. The number of amides is 3. The average Bonchev–Trinajstić information content (AvgIpc) is 3.35. The Morgan fingerprint density at radius 1 is 1.03 bits per heavy atom. The number of urea groups is 1. The van der Waals surface area contributed by atoms with Crippen LogP contribution in [0.15, 0.2) is 60.8 Å². The van der Waals surface area contributed by atoms with Gasteiger partial charge >= 0.3 is 6.03 Å². The number of benzene rings is 2. The Morgan fingerprint density at radius 3 is 2.47 bits per heavy atom. The molecule has 0 saturated carbocycles. The molecule has 1 aliphatic heterocycles. The number of carbonyl (C=O) groups excluding carboxylic acids is 2. The molecule has 2 aromatic carbocycles. The molecule has 0 spiro atoms. The molecule has 0 bridgehead atoms. The Morgan fingerprint density at radius 2 is 1.78 bits per heavy atom. The van der Waals surface area contributed by atoms with E-state index >= 15 is 0 Å². The minimum absolute atomic E-state index is 0.0371. The molecule has 1 aliphatic rings. The van der Waals surface area contributed by atoms with Gasteiger partial charge in [0.25, 0.3) is 0 Å². The predicted octanol–water partition coefficient (Wildman–Crippen LogP) is 6.10. The van der Waals surface area contributed by atoms with Crippen molar-refractivity contribution in [1.29, 1.82) is 0 Å². The third kappa shape index (κ3) is 5.32. The van der Waals surface area contributed by atoms with Crippen LogP contribution in [0.1, 0.15) is 67.1 Å². The topological polar surface area (TPSA) is 57.6 Å². The molecule has 6 heteroatoms. The van der Waals surface area contributed by atoms with Crippen LogP contribution < -0.4 is 5.32 Å². The van der Waals surface area contributed by atoms with E-state index in [2.05, 4.69) is 60.3 Å². The van der Waals surface area contributed by atoms with E-state index in [9.17, 15) is 9.59 Å². The Labute approximate surface area is 214 Å². The fraction of sp³-hybridized carbons (Fsp3) is 0.400. The molecular weight excluding hydrogens is 448 g/mol. The summed E-state index contributed by atoms with van der Waals surface area (Å²) < 4.78 is 2.22. The zero-order chi connectivity index (χ0) is 25.8. The Hall–Kier alpha value is -3.54. The molecule has 0 fully saturated rings. The number of fused-ring (bicyclic) bond motifs is 1. The van der Waals surface area contributed by atoms with Crippen LogP contribution in [0.3, 0.4) is 0 Å². The minimum atomic E-state index is -0.239. The Kier molecular flexibility index (Phi) is 7.82.